The van der Waals surface area contributed by atoms with Gasteiger partial charge in [-0.2, -0.15) is 0 Å². The molecule has 1 heterocycles. The molecule has 0 aliphatic heterocycles. The fourth-order valence-electron chi connectivity index (χ4n) is 1.29. The fraction of sp³-hybridized carbons (Fsp3) is 0.231. The van der Waals surface area contributed by atoms with Crippen LogP contribution in [0.4, 0.5) is 0 Å². The van der Waals surface area contributed by atoms with E-state index >= 15 is 0 Å². The van der Waals surface area contributed by atoms with Crippen molar-refractivity contribution in [3.63, 3.8) is 0 Å². The summed E-state index contributed by atoms with van der Waals surface area (Å²) in [6.07, 6.45) is 4.26. The molecule has 4 nitrogen and oxygen atoms in total. The van der Waals surface area contributed by atoms with E-state index in [4.69, 9.17) is 9.47 Å². The van der Waals surface area contributed by atoms with Crippen LogP contribution in [0.1, 0.15) is 13.3 Å². The summed E-state index contributed by atoms with van der Waals surface area (Å²) in [5, 5.41) is 0. The molecular formula is C13H14N2O2. The first kappa shape index (κ1) is 11.4. The lowest BCUT2D eigenvalue weighted by Gasteiger charge is -2.07. The maximum absolute atomic E-state index is 5.51. The topological polar surface area (TPSA) is 44.2 Å². The van der Waals surface area contributed by atoms with E-state index in [1.165, 1.54) is 0 Å². The van der Waals surface area contributed by atoms with Crippen molar-refractivity contribution in [2.24, 2.45) is 0 Å². The average molecular weight is 230 g/mol. The first-order chi connectivity index (χ1) is 8.38. The lowest BCUT2D eigenvalue weighted by Crippen LogP contribution is -1.95. The van der Waals surface area contributed by atoms with Gasteiger partial charge >= 0.3 is 6.01 Å². The second-order valence-corrected chi connectivity index (χ2v) is 3.46. The Morgan fingerprint density at radius 1 is 1.06 bits per heavy atom. The zero-order valence-electron chi connectivity index (χ0n) is 9.67. The van der Waals surface area contributed by atoms with E-state index in [1.54, 1.807) is 18.5 Å². The van der Waals surface area contributed by atoms with Crippen LogP contribution in [0.25, 0.3) is 0 Å². The number of ether oxygens (including phenoxy) is 2. The van der Waals surface area contributed by atoms with Gasteiger partial charge < -0.3 is 9.47 Å². The molecule has 0 radical (unpaired) electrons. The molecule has 1 aromatic heterocycles. The van der Waals surface area contributed by atoms with Crippen molar-refractivity contribution in [2.75, 3.05) is 6.61 Å². The van der Waals surface area contributed by atoms with Crippen LogP contribution < -0.4 is 9.47 Å². The van der Waals surface area contributed by atoms with E-state index in [0.717, 1.165) is 12.2 Å². The van der Waals surface area contributed by atoms with Gasteiger partial charge in [0.1, 0.15) is 11.5 Å². The predicted octanol–water partition coefficient (Wildman–Crippen LogP) is 3.06. The third-order valence-corrected chi connectivity index (χ3v) is 2.03. The van der Waals surface area contributed by atoms with Crippen LogP contribution in [0.3, 0.4) is 0 Å². The Kier molecular flexibility index (Phi) is 3.91. The monoisotopic (exact) mass is 230 g/mol. The number of benzene rings is 1. The van der Waals surface area contributed by atoms with E-state index in [-0.39, 0.29) is 0 Å². The Balaban J connectivity index is 2.06. The molecule has 0 N–H and O–H groups in total. The molecule has 0 aliphatic rings. The van der Waals surface area contributed by atoms with E-state index in [2.05, 4.69) is 16.9 Å². The van der Waals surface area contributed by atoms with Gasteiger partial charge in [0.2, 0.25) is 0 Å². The van der Waals surface area contributed by atoms with Crippen LogP contribution in [0, 0.1) is 0 Å². The summed E-state index contributed by atoms with van der Waals surface area (Å²) >= 11 is 0. The summed E-state index contributed by atoms with van der Waals surface area (Å²) in [6, 6.07) is 9.52. The minimum absolute atomic E-state index is 0.333. The molecule has 0 aliphatic carbocycles. The van der Waals surface area contributed by atoms with Gasteiger partial charge in [0.15, 0.2) is 0 Å². The minimum Gasteiger partial charge on any atom is -0.493 e. The summed E-state index contributed by atoms with van der Waals surface area (Å²) in [5.41, 5.74) is 0. The lowest BCUT2D eigenvalue weighted by atomic mass is 10.3. The van der Waals surface area contributed by atoms with Crippen molar-refractivity contribution < 1.29 is 9.47 Å². The Hall–Kier alpha value is -2.10. The average Bonchev–Trinajstić information content (AvgIpc) is 2.38. The first-order valence-electron chi connectivity index (χ1n) is 5.56. The van der Waals surface area contributed by atoms with Gasteiger partial charge in [-0.3, -0.25) is 0 Å². The third kappa shape index (κ3) is 3.45. The van der Waals surface area contributed by atoms with Crippen molar-refractivity contribution in [2.45, 2.75) is 13.3 Å². The highest BCUT2D eigenvalue weighted by Gasteiger charge is 2.00. The van der Waals surface area contributed by atoms with Crippen molar-refractivity contribution in [3.05, 3.63) is 42.7 Å². The van der Waals surface area contributed by atoms with Crippen LogP contribution in [-0.2, 0) is 0 Å². The molecule has 0 unspecified atom stereocenters. The molecule has 0 amide bonds. The van der Waals surface area contributed by atoms with E-state index in [9.17, 15) is 0 Å². The largest absolute Gasteiger partial charge is 0.493 e. The second-order valence-electron chi connectivity index (χ2n) is 3.46. The van der Waals surface area contributed by atoms with Crippen molar-refractivity contribution in [1.82, 2.24) is 9.97 Å². The molecule has 0 saturated heterocycles. The molecule has 88 valence electrons. The van der Waals surface area contributed by atoms with Crippen LogP contribution in [-0.4, -0.2) is 16.6 Å². The smallest absolute Gasteiger partial charge is 0.321 e. The predicted molar refractivity (Wildman–Crippen MR) is 64.3 cm³/mol. The van der Waals surface area contributed by atoms with Crippen molar-refractivity contribution >= 4 is 0 Å². The van der Waals surface area contributed by atoms with Crippen molar-refractivity contribution in [3.8, 4) is 17.5 Å². The number of hydrogen-bond donors (Lipinski definition) is 0. The Bertz CT molecular complexity index is 460. The number of aromatic nitrogens is 2. The van der Waals surface area contributed by atoms with Crippen LogP contribution >= 0.6 is 0 Å². The molecule has 4 heteroatoms. The molecule has 0 bridgehead atoms. The standard InChI is InChI=1S/C13H14N2O2/c1-2-9-16-11-5-3-6-12(10-11)17-13-14-7-4-8-15-13/h3-8,10H,2,9H2,1H3. The lowest BCUT2D eigenvalue weighted by molar-refractivity contribution is 0.315. The van der Waals surface area contributed by atoms with Crippen LogP contribution in [0.15, 0.2) is 42.7 Å². The zero-order valence-corrected chi connectivity index (χ0v) is 9.67. The van der Waals surface area contributed by atoms with Gasteiger partial charge in [-0.1, -0.05) is 13.0 Å². The summed E-state index contributed by atoms with van der Waals surface area (Å²) < 4.78 is 11.0. The SMILES string of the molecule is CCCOc1cccc(Oc2ncccn2)c1. The Labute approximate surface area is 100 Å². The van der Waals surface area contributed by atoms with Crippen molar-refractivity contribution in [1.29, 1.82) is 0 Å². The molecule has 0 spiro atoms. The van der Waals surface area contributed by atoms with E-state index in [0.29, 0.717) is 18.4 Å². The molecule has 0 fully saturated rings. The highest BCUT2D eigenvalue weighted by molar-refractivity contribution is 5.34. The Morgan fingerprint density at radius 2 is 1.82 bits per heavy atom. The van der Waals surface area contributed by atoms with Gasteiger partial charge in [0.25, 0.3) is 0 Å². The van der Waals surface area contributed by atoms with Gasteiger partial charge in [0, 0.05) is 18.5 Å². The number of rotatable bonds is 5. The maximum Gasteiger partial charge on any atom is 0.321 e. The van der Waals surface area contributed by atoms with Gasteiger partial charge in [0.05, 0.1) is 6.61 Å². The Morgan fingerprint density at radius 3 is 2.59 bits per heavy atom. The third-order valence-electron chi connectivity index (χ3n) is 2.03. The van der Waals surface area contributed by atoms with Crippen LogP contribution in [0.5, 0.6) is 17.5 Å². The molecular weight excluding hydrogens is 216 g/mol. The molecule has 0 saturated carbocycles. The van der Waals surface area contributed by atoms with E-state index < -0.39 is 0 Å². The van der Waals surface area contributed by atoms with E-state index in [1.807, 2.05) is 24.3 Å². The molecule has 2 aromatic rings. The highest BCUT2D eigenvalue weighted by atomic mass is 16.5. The quantitative estimate of drug-likeness (QED) is 0.791. The molecule has 2 rings (SSSR count). The summed E-state index contributed by atoms with van der Waals surface area (Å²) in [6.45, 7) is 2.77. The van der Waals surface area contributed by atoms with Gasteiger partial charge in [-0.25, -0.2) is 9.97 Å². The molecule has 0 atom stereocenters. The number of hydrogen-bond acceptors (Lipinski definition) is 4. The van der Waals surface area contributed by atoms with Crippen LogP contribution in [0.2, 0.25) is 0 Å². The normalized spacial score (nSPS) is 9.94. The maximum atomic E-state index is 5.51. The highest BCUT2D eigenvalue weighted by Crippen LogP contribution is 2.22. The summed E-state index contributed by atoms with van der Waals surface area (Å²) in [5.74, 6) is 1.46. The molecule has 17 heavy (non-hydrogen) atoms. The first-order valence-corrected chi connectivity index (χ1v) is 5.56. The summed E-state index contributed by atoms with van der Waals surface area (Å²) in [7, 11) is 0. The minimum atomic E-state index is 0.333. The summed E-state index contributed by atoms with van der Waals surface area (Å²) in [4.78, 5) is 7.98. The molecule has 1 aromatic carbocycles. The second kappa shape index (κ2) is 5.84. The fourth-order valence-corrected chi connectivity index (χ4v) is 1.29. The zero-order chi connectivity index (χ0) is 11.9. The van der Waals surface area contributed by atoms with Gasteiger partial charge in [-0.05, 0) is 24.6 Å². The van der Waals surface area contributed by atoms with Gasteiger partial charge in [-0.15, -0.1) is 0 Å². The number of nitrogens with zero attached hydrogens (tertiary/aromatic N) is 2.